The number of allylic oxidation sites excluding steroid dienone is 2. The minimum Gasteiger partial charge on any atom is -0.497 e. The maximum absolute atomic E-state index is 14.4. The minimum absolute atomic E-state index is 0.00438. The first-order valence-electron chi connectivity index (χ1n) is 18.9. The molecule has 1 aromatic carbocycles. The van der Waals surface area contributed by atoms with Crippen LogP contribution in [-0.2, 0) is 28.5 Å². The molecule has 0 aromatic heterocycles. The van der Waals surface area contributed by atoms with Crippen LogP contribution in [0, 0.1) is 23.7 Å². The van der Waals surface area contributed by atoms with Crippen molar-refractivity contribution in [1.82, 2.24) is 0 Å². The van der Waals surface area contributed by atoms with E-state index in [0.717, 1.165) is 18.4 Å². The third-order valence-corrected chi connectivity index (χ3v) is 12.0. The molecule has 2 N–H and O–H groups in total. The number of fused-ring (bicyclic) bond motifs is 2. The van der Waals surface area contributed by atoms with E-state index in [0.29, 0.717) is 60.0 Å². The Morgan fingerprint density at radius 1 is 1.10 bits per heavy atom. The molecular formula is C42H56O10. The summed E-state index contributed by atoms with van der Waals surface area (Å²) in [6.07, 6.45) is 9.33. The van der Waals surface area contributed by atoms with Crippen molar-refractivity contribution in [3.63, 3.8) is 0 Å². The van der Waals surface area contributed by atoms with Crippen LogP contribution < -0.4 is 4.74 Å². The number of hydrogen-bond acceptors (Lipinski definition) is 10. The largest absolute Gasteiger partial charge is 0.497 e. The summed E-state index contributed by atoms with van der Waals surface area (Å²) in [5.41, 5.74) is 0.285. The standard InChI is InChI=1S/C42H56O10/c1-8-24(2)36-27(5)18-19-41(52-36)22-33-21-32(51-41)15-12-26(4)35(43)25(3)10-9-11-30-23-48-38-37(28(6)20-34(40(45)49-33)42(30,38)46)50-39(44)29-13-16-31(47-7)17-14-29/h9-14,16-17,20,24-25,27,32-38,43,46H,8,15,18-19,21-23H2,1-7H3/b10-9+,26-12+,30-11+/t24-,25-,27-,32+,33-,34-,35-,36+,37+,38+,41+,42+/m0/s1. The van der Waals surface area contributed by atoms with E-state index in [2.05, 4.69) is 20.8 Å². The second-order valence-electron chi connectivity index (χ2n) is 15.7. The second-order valence-corrected chi connectivity index (χ2v) is 15.7. The fraction of sp³-hybridized carbons (Fsp3) is 0.619. The van der Waals surface area contributed by atoms with E-state index < -0.39 is 53.7 Å². The van der Waals surface area contributed by atoms with Crippen molar-refractivity contribution in [2.75, 3.05) is 13.7 Å². The summed E-state index contributed by atoms with van der Waals surface area (Å²) in [4.78, 5) is 27.8. The molecular weight excluding hydrogens is 664 g/mol. The topological polar surface area (TPSA) is 130 Å². The highest BCUT2D eigenvalue weighted by Gasteiger charge is 2.61. The van der Waals surface area contributed by atoms with Gasteiger partial charge in [0.15, 0.2) is 11.9 Å². The zero-order valence-corrected chi connectivity index (χ0v) is 31.6. The molecule has 1 aliphatic carbocycles. The average molecular weight is 721 g/mol. The van der Waals surface area contributed by atoms with Gasteiger partial charge in [-0.3, -0.25) is 4.79 Å². The van der Waals surface area contributed by atoms with Gasteiger partial charge in [0.2, 0.25) is 0 Å². The number of aliphatic hydroxyl groups is 2. The van der Waals surface area contributed by atoms with Gasteiger partial charge >= 0.3 is 11.9 Å². The van der Waals surface area contributed by atoms with Crippen molar-refractivity contribution in [2.45, 2.75) is 128 Å². The quantitative estimate of drug-likeness (QED) is 0.260. The first kappa shape index (κ1) is 38.4. The molecule has 2 bridgehead atoms. The number of rotatable bonds is 5. The summed E-state index contributed by atoms with van der Waals surface area (Å²) in [5, 5.41) is 23.9. The Kier molecular flexibility index (Phi) is 11.5. The fourth-order valence-corrected chi connectivity index (χ4v) is 8.60. The van der Waals surface area contributed by atoms with E-state index in [9.17, 15) is 19.8 Å². The lowest BCUT2D eigenvalue weighted by atomic mass is 9.70. The predicted molar refractivity (Wildman–Crippen MR) is 194 cm³/mol. The normalized spacial score (nSPS) is 41.3. The molecule has 0 amide bonds. The van der Waals surface area contributed by atoms with E-state index in [-0.39, 0.29) is 24.7 Å². The van der Waals surface area contributed by atoms with E-state index in [4.69, 9.17) is 28.4 Å². The smallest absolute Gasteiger partial charge is 0.338 e. The number of carbonyl (C=O) groups excluding carboxylic acids is 2. The van der Waals surface area contributed by atoms with E-state index >= 15 is 0 Å². The third kappa shape index (κ3) is 7.55. The van der Waals surface area contributed by atoms with Crippen LogP contribution in [0.5, 0.6) is 5.75 Å². The van der Waals surface area contributed by atoms with E-state index in [1.54, 1.807) is 56.5 Å². The molecule has 3 saturated heterocycles. The monoisotopic (exact) mass is 720 g/mol. The molecule has 4 heterocycles. The SMILES string of the molecule is CC[C@H](C)[C@H]1O[C@]2(CC[C@@H]1C)C[C@@H]1C[C@@H](C/C=C(\C)[C@@H](O)[C@@H](C)/C=C/C=C3\CO[C@@H]4[C@H](OC(=O)c5ccc(OC)cc5)C(C)=C[C@@H](C(=O)O1)[C@]34O)O2. The van der Waals surface area contributed by atoms with Gasteiger partial charge < -0.3 is 38.6 Å². The van der Waals surface area contributed by atoms with Gasteiger partial charge in [0.1, 0.15) is 29.5 Å². The summed E-state index contributed by atoms with van der Waals surface area (Å²) < 4.78 is 37.5. The van der Waals surface area contributed by atoms with Gasteiger partial charge in [-0.25, -0.2) is 4.79 Å². The number of methoxy groups -OCH3 is 1. The average Bonchev–Trinajstić information content (AvgIpc) is 3.47. The molecule has 4 aliphatic heterocycles. The van der Waals surface area contributed by atoms with Crippen LogP contribution in [0.25, 0.3) is 0 Å². The molecule has 10 heteroatoms. The number of ether oxygens (including phenoxy) is 6. The van der Waals surface area contributed by atoms with Gasteiger partial charge in [-0.2, -0.15) is 0 Å². The highest BCUT2D eigenvalue weighted by molar-refractivity contribution is 5.90. The molecule has 0 unspecified atom stereocenters. The molecule has 6 rings (SSSR count). The number of hydrogen-bond donors (Lipinski definition) is 2. The molecule has 52 heavy (non-hydrogen) atoms. The molecule has 12 atom stereocenters. The Labute approximate surface area is 307 Å². The summed E-state index contributed by atoms with van der Waals surface area (Å²) >= 11 is 0. The Morgan fingerprint density at radius 3 is 2.56 bits per heavy atom. The van der Waals surface area contributed by atoms with Gasteiger partial charge in [0, 0.05) is 25.2 Å². The highest BCUT2D eigenvalue weighted by Crippen LogP contribution is 2.48. The lowest BCUT2D eigenvalue weighted by molar-refractivity contribution is -0.340. The van der Waals surface area contributed by atoms with Crippen molar-refractivity contribution in [3.05, 3.63) is 76.9 Å². The van der Waals surface area contributed by atoms with Gasteiger partial charge in [-0.15, -0.1) is 0 Å². The Morgan fingerprint density at radius 2 is 1.85 bits per heavy atom. The highest BCUT2D eigenvalue weighted by atomic mass is 16.7. The lowest BCUT2D eigenvalue weighted by Gasteiger charge is -2.51. The number of aliphatic hydroxyl groups excluding tert-OH is 1. The number of esters is 2. The number of carbonyl (C=O) groups is 2. The van der Waals surface area contributed by atoms with Crippen LogP contribution in [0.15, 0.2) is 71.4 Å². The van der Waals surface area contributed by atoms with Crippen LogP contribution in [0.1, 0.15) is 90.4 Å². The van der Waals surface area contributed by atoms with Crippen LogP contribution in [0.3, 0.4) is 0 Å². The summed E-state index contributed by atoms with van der Waals surface area (Å²) in [7, 11) is 1.55. The van der Waals surface area contributed by atoms with E-state index in [1.807, 2.05) is 26.0 Å². The predicted octanol–water partition coefficient (Wildman–Crippen LogP) is 6.40. The lowest BCUT2D eigenvalue weighted by Crippen LogP contribution is -2.59. The first-order chi connectivity index (χ1) is 24.8. The summed E-state index contributed by atoms with van der Waals surface area (Å²) in [6.45, 7) is 12.2. The van der Waals surface area contributed by atoms with Crippen LogP contribution >= 0.6 is 0 Å². The van der Waals surface area contributed by atoms with Crippen molar-refractivity contribution < 1.29 is 48.2 Å². The summed E-state index contributed by atoms with van der Waals surface area (Å²) in [6, 6.07) is 6.56. The molecule has 0 radical (unpaired) electrons. The van der Waals surface area contributed by atoms with Crippen LogP contribution in [-0.4, -0.2) is 83.9 Å². The van der Waals surface area contributed by atoms with Crippen LogP contribution in [0.4, 0.5) is 0 Å². The maximum Gasteiger partial charge on any atom is 0.338 e. The second kappa shape index (κ2) is 15.6. The van der Waals surface area contributed by atoms with Gasteiger partial charge in [0.25, 0.3) is 0 Å². The molecule has 1 spiro atoms. The zero-order chi connectivity index (χ0) is 37.4. The zero-order valence-electron chi connectivity index (χ0n) is 31.6. The van der Waals surface area contributed by atoms with Crippen LogP contribution in [0.2, 0.25) is 0 Å². The Balaban J connectivity index is 1.36. The number of benzene rings is 1. The Bertz CT molecular complexity index is 1590. The molecule has 0 saturated carbocycles. The fourth-order valence-electron chi connectivity index (χ4n) is 8.60. The van der Waals surface area contributed by atoms with Gasteiger partial charge in [-0.05, 0) is 79.5 Å². The summed E-state index contributed by atoms with van der Waals surface area (Å²) in [5.74, 6) is -2.18. The maximum atomic E-state index is 14.4. The molecule has 284 valence electrons. The van der Waals surface area contributed by atoms with E-state index in [1.165, 1.54) is 0 Å². The van der Waals surface area contributed by atoms with Crippen molar-refractivity contribution in [3.8, 4) is 5.75 Å². The molecule has 5 aliphatic rings. The van der Waals surface area contributed by atoms with Gasteiger partial charge in [0.05, 0.1) is 37.6 Å². The van der Waals surface area contributed by atoms with Crippen molar-refractivity contribution in [1.29, 1.82) is 0 Å². The van der Waals surface area contributed by atoms with Gasteiger partial charge in [-0.1, -0.05) is 64.5 Å². The first-order valence-corrected chi connectivity index (χ1v) is 18.9. The third-order valence-electron chi connectivity index (χ3n) is 12.0. The van der Waals surface area contributed by atoms with Crippen molar-refractivity contribution >= 4 is 11.9 Å². The van der Waals surface area contributed by atoms with Crippen molar-refractivity contribution in [2.24, 2.45) is 23.7 Å². The Hall–Kier alpha value is -3.28. The molecule has 10 nitrogen and oxygen atoms in total. The minimum atomic E-state index is -1.87. The molecule has 1 aromatic rings. The molecule has 3 fully saturated rings.